The van der Waals surface area contributed by atoms with E-state index in [4.69, 9.17) is 0 Å². The number of aromatic nitrogens is 1. The molecule has 0 bridgehead atoms. The van der Waals surface area contributed by atoms with Crippen LogP contribution in [0.25, 0.3) is 0 Å². The van der Waals surface area contributed by atoms with Crippen LogP contribution < -0.4 is 0 Å². The molecule has 3 rings (SSSR count). The molecule has 1 aromatic carbocycles. The van der Waals surface area contributed by atoms with Gasteiger partial charge in [-0.15, -0.1) is 0 Å². The second kappa shape index (κ2) is 8.01. The van der Waals surface area contributed by atoms with Crippen molar-refractivity contribution in [1.82, 2.24) is 14.2 Å². The summed E-state index contributed by atoms with van der Waals surface area (Å²) in [4.78, 5) is 18.8. The average molecular weight is 402 g/mol. The lowest BCUT2D eigenvalue weighted by Gasteiger charge is -2.34. The Morgan fingerprint density at radius 3 is 2.14 bits per heavy atom. The highest BCUT2D eigenvalue weighted by Gasteiger charge is 2.32. The van der Waals surface area contributed by atoms with E-state index in [1.807, 2.05) is 52.0 Å². The van der Waals surface area contributed by atoms with Gasteiger partial charge in [0, 0.05) is 38.1 Å². The van der Waals surface area contributed by atoms with Crippen molar-refractivity contribution in [1.29, 1.82) is 0 Å². The Balaban J connectivity index is 1.73. The predicted molar refractivity (Wildman–Crippen MR) is 109 cm³/mol. The number of hydrogen-bond donors (Lipinski definition) is 0. The number of benzene rings is 1. The Morgan fingerprint density at radius 1 is 1.00 bits per heavy atom. The van der Waals surface area contributed by atoms with E-state index >= 15 is 0 Å². The number of amides is 1. The summed E-state index contributed by atoms with van der Waals surface area (Å²) in [5.74, 6) is -0.0190. The highest BCUT2D eigenvalue weighted by molar-refractivity contribution is 7.89. The largest absolute Gasteiger partial charge is 0.340 e. The number of carbonyl (C=O) groups is 1. The van der Waals surface area contributed by atoms with Gasteiger partial charge >= 0.3 is 0 Å². The van der Waals surface area contributed by atoms with Gasteiger partial charge in [-0.1, -0.05) is 12.1 Å². The summed E-state index contributed by atoms with van der Waals surface area (Å²) in [5, 5.41) is 0. The van der Waals surface area contributed by atoms with E-state index in [1.165, 1.54) is 4.31 Å². The molecule has 0 radical (unpaired) electrons. The van der Waals surface area contributed by atoms with Gasteiger partial charge in [0.1, 0.15) is 0 Å². The summed E-state index contributed by atoms with van der Waals surface area (Å²) in [6.07, 6.45) is 1.91. The number of piperazine rings is 1. The van der Waals surface area contributed by atoms with Crippen molar-refractivity contribution >= 4 is 15.9 Å². The van der Waals surface area contributed by atoms with Crippen LogP contribution in [0.3, 0.4) is 0 Å². The first-order valence-corrected chi connectivity index (χ1v) is 10.9. The number of hydrogen-bond acceptors (Lipinski definition) is 4. The van der Waals surface area contributed by atoms with Gasteiger partial charge in [0.05, 0.1) is 11.3 Å². The Bertz CT molecular complexity index is 953. The van der Waals surface area contributed by atoms with E-state index in [1.54, 1.807) is 11.1 Å². The van der Waals surface area contributed by atoms with Crippen molar-refractivity contribution in [3.8, 4) is 0 Å². The van der Waals surface area contributed by atoms with Crippen molar-refractivity contribution in [2.45, 2.75) is 39.0 Å². The van der Waals surface area contributed by atoms with Gasteiger partial charge in [0.25, 0.3) is 0 Å². The molecule has 0 N–H and O–H groups in total. The molecule has 1 aromatic heterocycles. The summed E-state index contributed by atoms with van der Waals surface area (Å²) >= 11 is 0. The number of carbonyl (C=O) groups excluding carboxylic acids is 1. The minimum absolute atomic E-state index is 0.0190. The summed E-state index contributed by atoms with van der Waals surface area (Å²) in [7, 11) is -3.59. The standard InChI is InChI=1S/C21H27N3O3S/c1-15-13-16(2)18(4)21(17(15)3)28(26,27)24-11-9-23(10-12-24)20(25)14-19-7-5-6-8-22-19/h5-8,13H,9-12,14H2,1-4H3. The quantitative estimate of drug-likeness (QED) is 0.789. The molecule has 6 nitrogen and oxygen atoms in total. The molecule has 1 fully saturated rings. The summed E-state index contributed by atoms with van der Waals surface area (Å²) in [5.41, 5.74) is 4.29. The topological polar surface area (TPSA) is 70.6 Å². The Kier molecular flexibility index (Phi) is 5.86. The van der Waals surface area contributed by atoms with Gasteiger partial charge < -0.3 is 4.90 Å². The lowest BCUT2D eigenvalue weighted by molar-refractivity contribution is -0.131. The highest BCUT2D eigenvalue weighted by Crippen LogP contribution is 2.29. The second-order valence-electron chi connectivity index (χ2n) is 7.37. The smallest absolute Gasteiger partial charge is 0.243 e. The van der Waals surface area contributed by atoms with Crippen LogP contribution in [0.4, 0.5) is 0 Å². The molecule has 7 heteroatoms. The van der Waals surface area contributed by atoms with E-state index in [0.29, 0.717) is 31.1 Å². The van der Waals surface area contributed by atoms with Crippen LogP contribution in [-0.4, -0.2) is 54.7 Å². The molecule has 150 valence electrons. The third-order valence-corrected chi connectivity index (χ3v) is 7.72. The molecule has 2 aromatic rings. The zero-order valence-electron chi connectivity index (χ0n) is 16.9. The van der Waals surface area contributed by atoms with Gasteiger partial charge in [-0.2, -0.15) is 4.31 Å². The van der Waals surface area contributed by atoms with E-state index in [-0.39, 0.29) is 12.3 Å². The molecular formula is C21H27N3O3S. The Labute approximate surface area is 167 Å². The maximum atomic E-state index is 13.3. The fourth-order valence-corrected chi connectivity index (χ4v) is 5.64. The molecule has 0 unspecified atom stereocenters. The van der Waals surface area contributed by atoms with Crippen LogP contribution in [-0.2, 0) is 21.2 Å². The highest BCUT2D eigenvalue weighted by atomic mass is 32.2. The first-order valence-electron chi connectivity index (χ1n) is 9.47. The second-order valence-corrected chi connectivity index (χ2v) is 9.25. The van der Waals surface area contributed by atoms with Gasteiger partial charge in [0.15, 0.2) is 0 Å². The van der Waals surface area contributed by atoms with E-state index in [2.05, 4.69) is 4.98 Å². The van der Waals surface area contributed by atoms with Gasteiger partial charge in [-0.3, -0.25) is 9.78 Å². The normalized spacial score (nSPS) is 15.6. The predicted octanol–water partition coefficient (Wildman–Crippen LogP) is 2.39. The molecular weight excluding hydrogens is 374 g/mol. The first-order chi connectivity index (χ1) is 13.2. The van der Waals surface area contributed by atoms with Crippen LogP contribution in [0.15, 0.2) is 35.4 Å². The summed E-state index contributed by atoms with van der Waals surface area (Å²) in [6, 6.07) is 7.52. The zero-order chi connectivity index (χ0) is 20.5. The molecule has 28 heavy (non-hydrogen) atoms. The molecule has 1 aliphatic heterocycles. The summed E-state index contributed by atoms with van der Waals surface area (Å²) < 4.78 is 28.1. The fraction of sp³-hybridized carbons (Fsp3) is 0.429. The van der Waals surface area contributed by atoms with Crippen molar-refractivity contribution in [2.24, 2.45) is 0 Å². The SMILES string of the molecule is Cc1cc(C)c(C)c(S(=O)(=O)N2CCN(C(=O)Cc3ccccn3)CC2)c1C. The van der Waals surface area contributed by atoms with E-state index in [9.17, 15) is 13.2 Å². The average Bonchev–Trinajstić information content (AvgIpc) is 2.67. The minimum atomic E-state index is -3.59. The lowest BCUT2D eigenvalue weighted by atomic mass is 10.0. The molecule has 1 saturated heterocycles. The minimum Gasteiger partial charge on any atom is -0.340 e. The number of aryl methyl sites for hydroxylation is 2. The van der Waals surface area contributed by atoms with Crippen molar-refractivity contribution in [2.75, 3.05) is 26.2 Å². The number of pyridine rings is 1. The van der Waals surface area contributed by atoms with Crippen molar-refractivity contribution in [3.05, 3.63) is 58.4 Å². The Morgan fingerprint density at radius 2 is 1.61 bits per heavy atom. The van der Waals surface area contributed by atoms with Crippen LogP contribution in [0.1, 0.15) is 27.9 Å². The zero-order valence-corrected chi connectivity index (χ0v) is 17.7. The van der Waals surface area contributed by atoms with Gasteiger partial charge in [0.2, 0.25) is 15.9 Å². The Hall–Kier alpha value is -2.25. The first kappa shape index (κ1) is 20.5. The van der Waals surface area contributed by atoms with E-state index < -0.39 is 10.0 Å². The number of rotatable bonds is 4. The van der Waals surface area contributed by atoms with E-state index in [0.717, 1.165) is 27.9 Å². The summed E-state index contributed by atoms with van der Waals surface area (Å²) in [6.45, 7) is 9.01. The third-order valence-electron chi connectivity index (χ3n) is 5.54. The monoisotopic (exact) mass is 401 g/mol. The van der Waals surface area contributed by atoms with Crippen molar-refractivity contribution in [3.63, 3.8) is 0 Å². The molecule has 0 atom stereocenters. The molecule has 2 heterocycles. The van der Waals surface area contributed by atoms with Gasteiger partial charge in [-0.25, -0.2) is 8.42 Å². The molecule has 1 amide bonds. The maximum Gasteiger partial charge on any atom is 0.243 e. The third kappa shape index (κ3) is 3.95. The van der Waals surface area contributed by atoms with Crippen LogP contribution in [0.2, 0.25) is 0 Å². The maximum absolute atomic E-state index is 13.3. The van der Waals surface area contributed by atoms with Crippen molar-refractivity contribution < 1.29 is 13.2 Å². The van der Waals surface area contributed by atoms with Crippen LogP contribution >= 0.6 is 0 Å². The number of sulfonamides is 1. The molecule has 0 spiro atoms. The molecule has 1 aliphatic rings. The molecule has 0 aliphatic carbocycles. The van der Waals surface area contributed by atoms with Crippen LogP contribution in [0.5, 0.6) is 0 Å². The number of nitrogens with zero attached hydrogens (tertiary/aromatic N) is 3. The fourth-order valence-electron chi connectivity index (χ4n) is 3.64. The molecule has 0 saturated carbocycles. The van der Waals surface area contributed by atoms with Crippen LogP contribution in [0, 0.1) is 27.7 Å². The van der Waals surface area contributed by atoms with Gasteiger partial charge in [-0.05, 0) is 62.1 Å². The lowest BCUT2D eigenvalue weighted by Crippen LogP contribution is -2.51.